The Bertz CT molecular complexity index is 2140. The predicted octanol–water partition coefficient (Wildman–Crippen LogP) is 7.23. The molecule has 51 heavy (non-hydrogen) atoms. The molecule has 2 N–H and O–H groups in total. The highest BCUT2D eigenvalue weighted by atomic mass is 31.2. The van der Waals surface area contributed by atoms with Crippen LogP contribution in [-0.2, 0) is 4.79 Å². The molecule has 0 saturated heterocycles. The number of nitrogens with zero attached hydrogens (tertiary/aromatic N) is 2. The quantitative estimate of drug-likeness (QED) is 0.0634. The van der Waals surface area contributed by atoms with Crippen molar-refractivity contribution in [3.63, 3.8) is 0 Å². The van der Waals surface area contributed by atoms with E-state index in [9.17, 15) is 29.8 Å². The second-order valence-electron chi connectivity index (χ2n) is 11.3. The van der Waals surface area contributed by atoms with Gasteiger partial charge >= 0.3 is 0 Å². The molecule has 0 aliphatic rings. The Kier molecular flexibility index (Phi) is 10.2. The smallest absolute Gasteiger partial charge is 0.299 e. The Morgan fingerprint density at radius 2 is 0.961 bits per heavy atom. The zero-order valence-corrected chi connectivity index (χ0v) is 27.9. The maximum Gasteiger partial charge on any atom is 0.299 e. The molecule has 0 unspecified atom stereocenters. The first-order valence-corrected chi connectivity index (χ1v) is 17.6. The van der Waals surface area contributed by atoms with E-state index < -0.39 is 40.3 Å². The highest BCUT2D eigenvalue weighted by molar-refractivity contribution is 8.03. The highest BCUT2D eigenvalue weighted by Gasteiger charge is 2.53. The van der Waals surface area contributed by atoms with Crippen molar-refractivity contribution in [2.75, 3.05) is 5.32 Å². The number of nitro benzene ring substituents is 2. The van der Waals surface area contributed by atoms with E-state index in [0.717, 1.165) is 34.1 Å². The summed E-state index contributed by atoms with van der Waals surface area (Å²) in [5.74, 6) is -1.44. The lowest BCUT2D eigenvalue weighted by atomic mass is 10.1. The molecule has 0 aliphatic carbocycles. The van der Waals surface area contributed by atoms with Gasteiger partial charge in [-0.15, -0.1) is 0 Å². The summed E-state index contributed by atoms with van der Waals surface area (Å²) in [6.45, 7) is 0. The lowest BCUT2D eigenvalue weighted by Crippen LogP contribution is -2.37. The number of carbonyl (C=O) groups excluding carboxylic acids is 2. The van der Waals surface area contributed by atoms with Crippen molar-refractivity contribution in [1.82, 2.24) is 5.32 Å². The van der Waals surface area contributed by atoms with Gasteiger partial charge in [0.25, 0.3) is 23.2 Å². The van der Waals surface area contributed by atoms with Gasteiger partial charge in [-0.2, -0.15) is 0 Å². The molecule has 11 heteroatoms. The van der Waals surface area contributed by atoms with E-state index in [4.69, 9.17) is 0 Å². The number of hydrogen-bond donors (Lipinski definition) is 2. The van der Waals surface area contributed by atoms with E-state index >= 15 is 0 Å². The molecule has 6 aromatic rings. The van der Waals surface area contributed by atoms with Gasteiger partial charge in [0.05, 0.1) is 15.9 Å². The fourth-order valence-corrected chi connectivity index (χ4v) is 10.5. The number of non-ortho nitro benzene ring substituents is 1. The second kappa shape index (κ2) is 15.2. The second-order valence-corrected chi connectivity index (χ2v) is 14.6. The number of rotatable bonds is 11. The molecule has 0 fully saturated rings. The van der Waals surface area contributed by atoms with Gasteiger partial charge in [0.2, 0.25) is 0 Å². The Balaban J connectivity index is 1.74. The van der Waals surface area contributed by atoms with Gasteiger partial charge in [-0.05, 0) is 54.6 Å². The van der Waals surface area contributed by atoms with Crippen molar-refractivity contribution in [3.8, 4) is 0 Å². The van der Waals surface area contributed by atoms with Crippen LogP contribution < -0.4 is 26.5 Å². The number of carbonyl (C=O) groups is 2. The summed E-state index contributed by atoms with van der Waals surface area (Å²) in [5.41, 5.74) is -0.716. The number of anilines is 1. The van der Waals surface area contributed by atoms with Gasteiger partial charge in [-0.1, -0.05) is 103 Å². The molecule has 10 nitrogen and oxygen atoms in total. The standard InChI is InChI=1S/C40H29N4O6P/c45-39(30-18-8-2-9-19-30)42-37(40(46)41-35-27-26-31(43(47)48)28-36(35)44(49)50)38(29-16-6-1-7-17-29)51(32-20-10-3-11-21-32,33-22-12-4-13-23-33)34-24-14-5-15-25-34/h1-28H,(H-,41,42,45,46)/p+1. The molecule has 0 bridgehead atoms. The van der Waals surface area contributed by atoms with Crippen molar-refractivity contribution in [3.05, 3.63) is 207 Å². The van der Waals surface area contributed by atoms with Crippen LogP contribution in [0.5, 0.6) is 0 Å². The molecule has 0 radical (unpaired) electrons. The predicted molar refractivity (Wildman–Crippen MR) is 201 cm³/mol. The third-order valence-corrected chi connectivity index (χ3v) is 12.6. The summed E-state index contributed by atoms with van der Waals surface area (Å²) in [6, 6.07) is 49.8. The maximum atomic E-state index is 14.9. The van der Waals surface area contributed by atoms with Crippen LogP contribution in [0.15, 0.2) is 176 Å². The lowest BCUT2D eigenvalue weighted by molar-refractivity contribution is -0.393. The van der Waals surface area contributed by atoms with Crippen LogP contribution in [0, 0.1) is 20.2 Å². The van der Waals surface area contributed by atoms with Crippen molar-refractivity contribution in [1.29, 1.82) is 0 Å². The number of benzene rings is 6. The fourth-order valence-electron chi connectivity index (χ4n) is 5.96. The Labute approximate surface area is 293 Å². The molecule has 0 heterocycles. The maximum absolute atomic E-state index is 14.9. The minimum absolute atomic E-state index is 0.146. The minimum Gasteiger partial charge on any atom is -0.315 e. The Morgan fingerprint density at radius 1 is 0.529 bits per heavy atom. The molecule has 0 atom stereocenters. The zero-order chi connectivity index (χ0) is 35.8. The summed E-state index contributed by atoms with van der Waals surface area (Å²) in [6.07, 6.45) is 0. The number of nitro groups is 2. The summed E-state index contributed by atoms with van der Waals surface area (Å²) in [5, 5.41) is 32.3. The summed E-state index contributed by atoms with van der Waals surface area (Å²) in [4.78, 5) is 51.0. The Morgan fingerprint density at radius 3 is 1.39 bits per heavy atom. The van der Waals surface area contributed by atoms with Crippen LogP contribution in [0.3, 0.4) is 0 Å². The summed E-state index contributed by atoms with van der Waals surface area (Å²) in [7, 11) is -3.12. The monoisotopic (exact) mass is 693 g/mol. The normalized spacial score (nSPS) is 11.5. The first-order valence-electron chi connectivity index (χ1n) is 15.8. The molecule has 0 spiro atoms. The van der Waals surface area contributed by atoms with Gasteiger partial charge in [0.1, 0.15) is 34.2 Å². The number of hydrogen-bond acceptors (Lipinski definition) is 6. The average molecular weight is 694 g/mol. The molecule has 250 valence electrons. The van der Waals surface area contributed by atoms with Gasteiger partial charge in [0, 0.05) is 17.2 Å². The fraction of sp³-hybridized carbons (Fsp3) is 0. The van der Waals surface area contributed by atoms with Crippen molar-refractivity contribution in [2.45, 2.75) is 0 Å². The molecule has 0 saturated carbocycles. The van der Waals surface area contributed by atoms with Crippen molar-refractivity contribution in [2.24, 2.45) is 0 Å². The average Bonchev–Trinajstić information content (AvgIpc) is 3.18. The SMILES string of the molecule is O=C(Nc1ccc([N+](=O)[O-])cc1[N+](=O)[O-])C(NC(=O)c1ccccc1)=C(c1ccccc1)[P+](c1ccccc1)(c1ccccc1)c1ccccc1. The van der Waals surface area contributed by atoms with Crippen molar-refractivity contribution >= 4 is 57.4 Å². The van der Waals surface area contributed by atoms with Crippen LogP contribution in [-0.4, -0.2) is 21.7 Å². The van der Waals surface area contributed by atoms with Gasteiger partial charge < -0.3 is 10.6 Å². The van der Waals surface area contributed by atoms with Crippen LogP contribution in [0.4, 0.5) is 17.1 Å². The topological polar surface area (TPSA) is 144 Å². The molecule has 2 amide bonds. The molecular formula is C40H30N4O6P+. The number of nitrogens with one attached hydrogen (secondary N) is 2. The molecule has 0 aliphatic heterocycles. The minimum atomic E-state index is -3.12. The van der Waals surface area contributed by atoms with Crippen LogP contribution >= 0.6 is 7.26 Å². The largest absolute Gasteiger partial charge is 0.315 e. The van der Waals surface area contributed by atoms with E-state index in [2.05, 4.69) is 10.6 Å². The molecular weight excluding hydrogens is 663 g/mol. The van der Waals surface area contributed by atoms with Crippen molar-refractivity contribution < 1.29 is 19.4 Å². The third kappa shape index (κ3) is 7.03. The van der Waals surface area contributed by atoms with Crippen LogP contribution in [0.2, 0.25) is 0 Å². The highest BCUT2D eigenvalue weighted by Crippen LogP contribution is 2.67. The van der Waals surface area contributed by atoms with E-state index in [-0.39, 0.29) is 16.9 Å². The van der Waals surface area contributed by atoms with E-state index in [1.807, 2.05) is 121 Å². The van der Waals surface area contributed by atoms with Crippen LogP contribution in [0.1, 0.15) is 15.9 Å². The first kappa shape index (κ1) is 34.1. The van der Waals surface area contributed by atoms with Crippen LogP contribution in [0.25, 0.3) is 5.31 Å². The van der Waals surface area contributed by atoms with Gasteiger partial charge in [-0.25, -0.2) is 0 Å². The zero-order valence-electron chi connectivity index (χ0n) is 27.0. The van der Waals surface area contributed by atoms with E-state index in [0.29, 0.717) is 10.9 Å². The molecule has 0 aromatic heterocycles. The molecule has 6 rings (SSSR count). The van der Waals surface area contributed by atoms with E-state index in [1.165, 1.54) is 0 Å². The lowest BCUT2D eigenvalue weighted by Gasteiger charge is -2.31. The first-order chi connectivity index (χ1) is 24.8. The summed E-state index contributed by atoms with van der Waals surface area (Å²) < 4.78 is 0. The van der Waals surface area contributed by atoms with E-state index in [1.54, 1.807) is 30.3 Å². The van der Waals surface area contributed by atoms with Gasteiger partial charge in [0.15, 0.2) is 5.70 Å². The number of amides is 2. The Hall–Kier alpha value is -6.77. The summed E-state index contributed by atoms with van der Waals surface area (Å²) >= 11 is 0. The van der Waals surface area contributed by atoms with Gasteiger partial charge in [-0.3, -0.25) is 29.8 Å². The molecule has 6 aromatic carbocycles. The third-order valence-electron chi connectivity index (χ3n) is 8.19.